The average molecular weight is 498 g/mol. The van der Waals surface area contributed by atoms with Gasteiger partial charge < -0.3 is 5.32 Å². The van der Waals surface area contributed by atoms with Gasteiger partial charge in [0, 0.05) is 22.3 Å². The van der Waals surface area contributed by atoms with Gasteiger partial charge in [-0.2, -0.15) is 0 Å². The summed E-state index contributed by atoms with van der Waals surface area (Å²) in [5, 5.41) is 4.39. The van der Waals surface area contributed by atoms with Crippen molar-refractivity contribution in [1.82, 2.24) is 14.7 Å². The monoisotopic (exact) mass is 497 g/mol. The summed E-state index contributed by atoms with van der Waals surface area (Å²) >= 11 is 12.2. The highest BCUT2D eigenvalue weighted by Crippen LogP contribution is 2.61. The Bertz CT molecular complexity index is 1290. The summed E-state index contributed by atoms with van der Waals surface area (Å²) in [5.41, 5.74) is 1.70. The van der Waals surface area contributed by atoms with Crippen LogP contribution in [-0.2, 0) is 6.54 Å². The third-order valence-corrected chi connectivity index (χ3v) is 8.66. The van der Waals surface area contributed by atoms with E-state index in [0.29, 0.717) is 45.4 Å². The van der Waals surface area contributed by atoms with Crippen LogP contribution >= 0.6 is 23.2 Å². The standard InChI is InChI=1S/C27H29Cl2N3O2/c1-16-23-12-18(27(23,2)3)13-24(16)30-25(33)22-15-31(14-17-5-4-6-20(29)11-17)32(26(22)34)21-9-7-19(28)8-10-21/h4-11,15-16,18,23-24H,12-14H2,1-3H3,(H,30,33)/t16-,18+,23-,24-/m1/s1. The molecule has 1 amide bonds. The summed E-state index contributed by atoms with van der Waals surface area (Å²) in [6, 6.07) is 14.6. The number of nitrogens with one attached hydrogen (secondary N) is 1. The van der Waals surface area contributed by atoms with E-state index in [2.05, 4.69) is 26.1 Å². The van der Waals surface area contributed by atoms with Gasteiger partial charge in [-0.1, -0.05) is 56.1 Å². The summed E-state index contributed by atoms with van der Waals surface area (Å²) in [5.74, 6) is 1.30. The van der Waals surface area contributed by atoms with Gasteiger partial charge in [0.1, 0.15) is 5.56 Å². The lowest BCUT2D eigenvalue weighted by Crippen LogP contribution is -2.60. The smallest absolute Gasteiger partial charge is 0.284 e. The number of aromatic nitrogens is 2. The highest BCUT2D eigenvalue weighted by Gasteiger charge is 2.56. The van der Waals surface area contributed by atoms with Crippen molar-refractivity contribution in [2.24, 2.45) is 23.2 Å². The van der Waals surface area contributed by atoms with Gasteiger partial charge in [-0.3, -0.25) is 14.3 Å². The molecule has 2 bridgehead atoms. The third-order valence-electron chi connectivity index (χ3n) is 8.18. The average Bonchev–Trinajstić information content (AvgIpc) is 3.11. The first-order chi connectivity index (χ1) is 16.1. The normalized spacial score (nSPS) is 25.0. The molecule has 0 saturated heterocycles. The predicted octanol–water partition coefficient (Wildman–Crippen LogP) is 5.79. The van der Waals surface area contributed by atoms with Gasteiger partial charge in [-0.05, 0) is 78.0 Å². The third kappa shape index (κ3) is 3.99. The molecule has 3 aliphatic rings. The molecule has 1 heterocycles. The lowest BCUT2D eigenvalue weighted by molar-refractivity contribution is -0.113. The quantitative estimate of drug-likeness (QED) is 0.484. The van der Waals surface area contributed by atoms with Crippen LogP contribution in [0, 0.1) is 23.2 Å². The summed E-state index contributed by atoms with van der Waals surface area (Å²) < 4.78 is 3.29. The van der Waals surface area contributed by atoms with Crippen molar-refractivity contribution in [1.29, 1.82) is 0 Å². The van der Waals surface area contributed by atoms with Crippen LogP contribution in [0.25, 0.3) is 5.69 Å². The van der Waals surface area contributed by atoms with E-state index in [0.717, 1.165) is 12.0 Å². The van der Waals surface area contributed by atoms with Crippen LogP contribution < -0.4 is 10.9 Å². The Morgan fingerprint density at radius 3 is 2.47 bits per heavy atom. The summed E-state index contributed by atoms with van der Waals surface area (Å²) in [4.78, 5) is 26.8. The highest BCUT2D eigenvalue weighted by molar-refractivity contribution is 6.30. The predicted molar refractivity (Wildman–Crippen MR) is 136 cm³/mol. The Hall–Kier alpha value is -2.50. The van der Waals surface area contributed by atoms with Crippen molar-refractivity contribution >= 4 is 29.1 Å². The number of carbonyl (C=O) groups is 1. The van der Waals surface area contributed by atoms with Crippen LogP contribution in [0.15, 0.2) is 59.5 Å². The van der Waals surface area contributed by atoms with E-state index in [1.165, 1.54) is 11.1 Å². The van der Waals surface area contributed by atoms with Crippen molar-refractivity contribution in [3.8, 4) is 5.69 Å². The molecule has 5 nitrogen and oxygen atoms in total. The largest absolute Gasteiger partial charge is 0.349 e. The molecule has 4 atom stereocenters. The molecule has 0 unspecified atom stereocenters. The minimum absolute atomic E-state index is 0.0870. The number of benzene rings is 2. The van der Waals surface area contributed by atoms with Crippen LogP contribution in [0.5, 0.6) is 0 Å². The Kier molecular flexibility index (Phi) is 5.89. The van der Waals surface area contributed by atoms with Crippen LogP contribution in [-0.4, -0.2) is 21.3 Å². The van der Waals surface area contributed by atoms with Crippen LogP contribution in [0.3, 0.4) is 0 Å². The fraction of sp³-hybridized carbons (Fsp3) is 0.407. The van der Waals surface area contributed by atoms with Gasteiger partial charge in [0.05, 0.1) is 12.2 Å². The first kappa shape index (κ1) is 23.3. The number of nitrogens with zero attached hydrogens (tertiary/aromatic N) is 2. The van der Waals surface area contributed by atoms with E-state index in [9.17, 15) is 9.59 Å². The van der Waals surface area contributed by atoms with E-state index in [1.54, 1.807) is 35.1 Å². The number of halogens is 2. The van der Waals surface area contributed by atoms with Gasteiger partial charge in [0.25, 0.3) is 11.5 Å². The van der Waals surface area contributed by atoms with Crippen molar-refractivity contribution in [2.45, 2.75) is 46.2 Å². The highest BCUT2D eigenvalue weighted by atomic mass is 35.5. The fourth-order valence-electron chi connectivity index (χ4n) is 6.02. The Morgan fingerprint density at radius 2 is 1.82 bits per heavy atom. The van der Waals surface area contributed by atoms with E-state index in [1.807, 2.05) is 24.3 Å². The van der Waals surface area contributed by atoms with E-state index in [4.69, 9.17) is 23.2 Å². The zero-order chi connectivity index (χ0) is 24.2. The van der Waals surface area contributed by atoms with Crippen molar-refractivity contribution in [3.63, 3.8) is 0 Å². The van der Waals surface area contributed by atoms with Gasteiger partial charge in [0.2, 0.25) is 0 Å². The molecule has 178 valence electrons. The molecular weight excluding hydrogens is 469 g/mol. The molecule has 0 radical (unpaired) electrons. The molecular formula is C27H29Cl2N3O2. The van der Waals surface area contributed by atoms with Crippen molar-refractivity contribution in [3.05, 3.63) is 86.3 Å². The molecule has 3 aromatic rings. The molecule has 3 fully saturated rings. The molecule has 0 spiro atoms. The number of amides is 1. The zero-order valence-electron chi connectivity index (χ0n) is 19.6. The number of hydrogen-bond acceptors (Lipinski definition) is 2. The Balaban J connectivity index is 1.47. The number of rotatable bonds is 5. The van der Waals surface area contributed by atoms with Crippen molar-refractivity contribution in [2.75, 3.05) is 0 Å². The Labute approximate surface area is 209 Å². The maximum Gasteiger partial charge on any atom is 0.284 e. The fourth-order valence-corrected chi connectivity index (χ4v) is 6.36. The van der Waals surface area contributed by atoms with Gasteiger partial charge in [0.15, 0.2) is 0 Å². The van der Waals surface area contributed by atoms with Crippen molar-refractivity contribution < 1.29 is 4.79 Å². The molecule has 7 heteroatoms. The molecule has 2 aromatic carbocycles. The van der Waals surface area contributed by atoms with Crippen LogP contribution in [0.2, 0.25) is 10.0 Å². The Morgan fingerprint density at radius 1 is 1.09 bits per heavy atom. The molecule has 0 aliphatic heterocycles. The van der Waals surface area contributed by atoms with Gasteiger partial charge in [-0.15, -0.1) is 0 Å². The second-order valence-electron chi connectivity index (χ2n) is 10.4. The molecule has 34 heavy (non-hydrogen) atoms. The topological polar surface area (TPSA) is 56.0 Å². The molecule has 1 N–H and O–H groups in total. The zero-order valence-corrected chi connectivity index (χ0v) is 21.1. The minimum atomic E-state index is -0.351. The summed E-state index contributed by atoms with van der Waals surface area (Å²) in [6.45, 7) is 7.29. The van der Waals surface area contributed by atoms with Crippen LogP contribution in [0.4, 0.5) is 0 Å². The molecule has 3 saturated carbocycles. The second-order valence-corrected chi connectivity index (χ2v) is 11.3. The summed E-state index contributed by atoms with van der Waals surface area (Å²) in [7, 11) is 0. The summed E-state index contributed by atoms with van der Waals surface area (Å²) in [6.07, 6.45) is 3.84. The molecule has 1 aromatic heterocycles. The molecule has 3 aliphatic carbocycles. The first-order valence-electron chi connectivity index (χ1n) is 11.8. The maximum atomic E-state index is 13.5. The molecule has 6 rings (SSSR count). The van der Waals surface area contributed by atoms with E-state index in [-0.39, 0.29) is 23.1 Å². The number of hydrogen-bond donors (Lipinski definition) is 1. The number of fused-ring (bicyclic) bond motifs is 2. The SMILES string of the molecule is C[C@@H]1[C@H]2C[C@@H](C[C@H]1NC(=O)c1cn(Cc3cccc(Cl)c3)n(-c3ccc(Cl)cc3)c1=O)C2(C)C. The van der Waals surface area contributed by atoms with Gasteiger partial charge >= 0.3 is 0 Å². The van der Waals surface area contributed by atoms with Crippen LogP contribution in [0.1, 0.15) is 49.5 Å². The van der Waals surface area contributed by atoms with Gasteiger partial charge in [-0.25, -0.2) is 4.68 Å². The maximum absolute atomic E-state index is 13.5. The second kappa shape index (κ2) is 8.62. The van der Waals surface area contributed by atoms with E-state index < -0.39 is 0 Å². The van der Waals surface area contributed by atoms with E-state index >= 15 is 0 Å². The lowest BCUT2D eigenvalue weighted by atomic mass is 9.45. The minimum Gasteiger partial charge on any atom is -0.349 e. The number of carbonyl (C=O) groups excluding carboxylic acids is 1. The lowest BCUT2D eigenvalue weighted by Gasteiger charge is -2.62. The first-order valence-corrected chi connectivity index (χ1v) is 12.5.